The number of halogens is 3. The van der Waals surface area contributed by atoms with E-state index in [1.54, 1.807) is 0 Å². The number of esters is 1. The Labute approximate surface area is 227 Å². The van der Waals surface area contributed by atoms with Crippen molar-refractivity contribution < 1.29 is 27.4 Å². The number of ether oxygens (including phenoxy) is 2. The zero-order valence-corrected chi connectivity index (χ0v) is 24.6. The molecule has 2 bridgehead atoms. The number of rotatable bonds is 1. The van der Waals surface area contributed by atoms with E-state index in [2.05, 4.69) is 48.5 Å². The van der Waals surface area contributed by atoms with E-state index < -0.39 is 23.7 Å². The number of alkyl halides is 3. The molecule has 10 atom stereocenters. The lowest BCUT2D eigenvalue weighted by atomic mass is 9.31. The highest BCUT2D eigenvalue weighted by molar-refractivity contribution is 5.75. The number of carbonyl (C=O) groups is 1. The minimum atomic E-state index is -4.94. The van der Waals surface area contributed by atoms with Crippen LogP contribution in [0.1, 0.15) is 113 Å². The lowest BCUT2D eigenvalue weighted by Crippen LogP contribution is -2.68. The van der Waals surface area contributed by atoms with Gasteiger partial charge in [0.1, 0.15) is 6.10 Å². The normalized spacial score (nSPS) is 52.7. The molecule has 0 radical (unpaired) electrons. The van der Waals surface area contributed by atoms with Crippen LogP contribution in [0.25, 0.3) is 0 Å². The fourth-order valence-electron chi connectivity index (χ4n) is 12.4. The molecular formula is C32H49F3O3. The Morgan fingerprint density at radius 1 is 0.789 bits per heavy atom. The standard InChI is InChI=1S/C32H49F3O3/c1-26(2)14-16-31-17-15-29(6)19(23(31)24(26)37-18-31)8-9-21-28(5)12-11-22(38-25(36)32(33,34)35)27(3,4)20(28)10-13-30(21,29)7/h19-24H,8-18H2,1-7H3/t19-,20-,21+,22-,23-,24+,28-,29+,30+,31+/m0/s1. The number of fused-ring (bicyclic) bond motifs is 5. The molecule has 0 unspecified atom stereocenters. The molecular weight excluding hydrogens is 489 g/mol. The Morgan fingerprint density at radius 3 is 2.16 bits per heavy atom. The first-order valence-corrected chi connectivity index (χ1v) is 15.3. The summed E-state index contributed by atoms with van der Waals surface area (Å²) in [4.78, 5) is 11.8. The van der Waals surface area contributed by atoms with E-state index in [1.165, 1.54) is 38.5 Å². The fourth-order valence-corrected chi connectivity index (χ4v) is 12.4. The molecule has 1 heterocycles. The Bertz CT molecular complexity index is 1000. The third-order valence-electron chi connectivity index (χ3n) is 14.6. The highest BCUT2D eigenvalue weighted by atomic mass is 19.4. The monoisotopic (exact) mass is 538 g/mol. The van der Waals surface area contributed by atoms with E-state index in [4.69, 9.17) is 9.47 Å². The Balaban J connectivity index is 1.31. The second kappa shape index (κ2) is 7.94. The van der Waals surface area contributed by atoms with Crippen LogP contribution in [-0.4, -0.2) is 31.0 Å². The summed E-state index contributed by atoms with van der Waals surface area (Å²) >= 11 is 0. The first kappa shape index (κ1) is 27.4. The van der Waals surface area contributed by atoms with Gasteiger partial charge >= 0.3 is 12.1 Å². The zero-order valence-electron chi connectivity index (χ0n) is 24.6. The van der Waals surface area contributed by atoms with Crippen LogP contribution < -0.4 is 0 Å². The van der Waals surface area contributed by atoms with E-state index >= 15 is 0 Å². The molecule has 0 N–H and O–H groups in total. The van der Waals surface area contributed by atoms with Crippen LogP contribution >= 0.6 is 0 Å². The fraction of sp³-hybridized carbons (Fsp3) is 0.969. The van der Waals surface area contributed by atoms with Crippen LogP contribution in [0.2, 0.25) is 0 Å². The maximum atomic E-state index is 13.1. The maximum absolute atomic E-state index is 13.1. The number of hydrogen-bond acceptors (Lipinski definition) is 3. The molecule has 38 heavy (non-hydrogen) atoms. The molecule has 216 valence electrons. The summed E-state index contributed by atoms with van der Waals surface area (Å²) in [5, 5.41) is 0. The van der Waals surface area contributed by atoms with Gasteiger partial charge in [-0.2, -0.15) is 13.2 Å². The summed E-state index contributed by atoms with van der Waals surface area (Å²) < 4.78 is 51.1. The molecule has 6 fully saturated rings. The van der Waals surface area contributed by atoms with Gasteiger partial charge in [0, 0.05) is 5.41 Å². The van der Waals surface area contributed by atoms with Crippen molar-refractivity contribution in [1.29, 1.82) is 0 Å². The lowest BCUT2D eigenvalue weighted by molar-refractivity contribution is -0.259. The summed E-state index contributed by atoms with van der Waals surface area (Å²) in [6.45, 7) is 17.5. The van der Waals surface area contributed by atoms with Crippen LogP contribution in [0.3, 0.4) is 0 Å². The first-order chi connectivity index (χ1) is 17.4. The smallest absolute Gasteiger partial charge is 0.455 e. The van der Waals surface area contributed by atoms with Crippen LogP contribution in [0.5, 0.6) is 0 Å². The number of carbonyl (C=O) groups excluding carboxylic acids is 1. The molecule has 5 aliphatic carbocycles. The Hall–Kier alpha value is -0.780. The molecule has 0 aromatic carbocycles. The molecule has 1 aliphatic heterocycles. The summed E-state index contributed by atoms with van der Waals surface area (Å²) in [7, 11) is 0. The van der Waals surface area contributed by atoms with Gasteiger partial charge in [-0.1, -0.05) is 48.5 Å². The molecule has 0 spiro atoms. The lowest BCUT2D eigenvalue weighted by Gasteiger charge is -2.73. The van der Waals surface area contributed by atoms with Crippen LogP contribution in [0.15, 0.2) is 0 Å². The van der Waals surface area contributed by atoms with Crippen molar-refractivity contribution in [3.8, 4) is 0 Å². The van der Waals surface area contributed by atoms with Gasteiger partial charge in [-0.25, -0.2) is 4.79 Å². The molecule has 3 nitrogen and oxygen atoms in total. The average molecular weight is 539 g/mol. The van der Waals surface area contributed by atoms with Crippen LogP contribution in [0.4, 0.5) is 13.2 Å². The minimum absolute atomic E-state index is 0.0437. The molecule has 0 aromatic rings. The summed E-state index contributed by atoms with van der Waals surface area (Å²) in [6.07, 6.45) is 5.78. The van der Waals surface area contributed by atoms with Crippen molar-refractivity contribution in [3.63, 3.8) is 0 Å². The van der Waals surface area contributed by atoms with Crippen molar-refractivity contribution in [2.75, 3.05) is 6.61 Å². The SMILES string of the molecule is CC1(C)CC[C@]23CC[C@]4(C)[C@@H](CC[C@@H]5[C@@]6(C)CC[C@H](OC(=O)C(F)(F)F)C(C)(C)[C@@H]6CC[C@]54C)[C@H]2[C@H]1OC3. The van der Waals surface area contributed by atoms with Crippen molar-refractivity contribution >= 4 is 5.97 Å². The van der Waals surface area contributed by atoms with E-state index in [1.807, 2.05) is 0 Å². The molecule has 0 amide bonds. The van der Waals surface area contributed by atoms with Gasteiger partial charge in [-0.3, -0.25) is 0 Å². The predicted octanol–water partition coefficient (Wildman–Crippen LogP) is 8.35. The molecule has 1 saturated heterocycles. The Morgan fingerprint density at radius 2 is 1.47 bits per heavy atom. The quantitative estimate of drug-likeness (QED) is 0.315. The van der Waals surface area contributed by atoms with E-state index in [0.29, 0.717) is 35.7 Å². The average Bonchev–Trinajstić information content (AvgIpc) is 3.14. The molecule has 6 aliphatic rings. The second-order valence-electron chi connectivity index (χ2n) is 16.5. The van der Waals surface area contributed by atoms with Gasteiger partial charge in [-0.15, -0.1) is 0 Å². The van der Waals surface area contributed by atoms with Gasteiger partial charge < -0.3 is 9.47 Å². The third-order valence-corrected chi connectivity index (χ3v) is 14.6. The highest BCUT2D eigenvalue weighted by Crippen LogP contribution is 2.78. The maximum Gasteiger partial charge on any atom is 0.490 e. The van der Waals surface area contributed by atoms with E-state index in [0.717, 1.165) is 25.9 Å². The minimum Gasteiger partial charge on any atom is -0.455 e. The van der Waals surface area contributed by atoms with Gasteiger partial charge in [-0.05, 0) is 115 Å². The predicted molar refractivity (Wildman–Crippen MR) is 140 cm³/mol. The second-order valence-corrected chi connectivity index (χ2v) is 16.5. The molecule has 6 heteroatoms. The van der Waals surface area contributed by atoms with Crippen LogP contribution in [0, 0.1) is 56.2 Å². The van der Waals surface area contributed by atoms with Gasteiger partial charge in [0.05, 0.1) is 12.7 Å². The molecule has 0 aromatic heterocycles. The van der Waals surface area contributed by atoms with Gasteiger partial charge in [0.15, 0.2) is 0 Å². The highest BCUT2D eigenvalue weighted by Gasteiger charge is 2.73. The summed E-state index contributed by atoms with van der Waals surface area (Å²) in [5.41, 5.74) is 0.625. The van der Waals surface area contributed by atoms with E-state index in [-0.39, 0.29) is 27.6 Å². The third kappa shape index (κ3) is 3.33. The Kier molecular flexibility index (Phi) is 5.72. The summed E-state index contributed by atoms with van der Waals surface area (Å²) in [6, 6.07) is 0. The van der Waals surface area contributed by atoms with Crippen molar-refractivity contribution in [2.45, 2.75) is 131 Å². The first-order valence-electron chi connectivity index (χ1n) is 15.3. The van der Waals surface area contributed by atoms with Crippen LogP contribution in [-0.2, 0) is 14.3 Å². The number of hydrogen-bond donors (Lipinski definition) is 0. The van der Waals surface area contributed by atoms with Gasteiger partial charge in [0.25, 0.3) is 0 Å². The molecule has 5 saturated carbocycles. The summed E-state index contributed by atoms with van der Waals surface area (Å²) in [5.74, 6) is 0.0918. The topological polar surface area (TPSA) is 35.5 Å². The zero-order chi connectivity index (χ0) is 27.7. The van der Waals surface area contributed by atoms with E-state index in [9.17, 15) is 18.0 Å². The van der Waals surface area contributed by atoms with Crippen molar-refractivity contribution in [1.82, 2.24) is 0 Å². The van der Waals surface area contributed by atoms with Gasteiger partial charge in [0.2, 0.25) is 0 Å². The largest absolute Gasteiger partial charge is 0.490 e. The van der Waals surface area contributed by atoms with Crippen molar-refractivity contribution in [2.24, 2.45) is 56.2 Å². The van der Waals surface area contributed by atoms with Crippen molar-refractivity contribution in [3.05, 3.63) is 0 Å². The molecule has 6 rings (SSSR count).